The molecule has 1 aromatic heterocycles. The summed E-state index contributed by atoms with van der Waals surface area (Å²) < 4.78 is 6.28. The summed E-state index contributed by atoms with van der Waals surface area (Å²) in [6, 6.07) is 10.6. The van der Waals surface area contributed by atoms with Crippen molar-refractivity contribution in [2.45, 2.75) is 45.8 Å². The van der Waals surface area contributed by atoms with Crippen LogP contribution in [0.1, 0.15) is 33.6 Å². The average Bonchev–Trinajstić information content (AvgIpc) is 2.75. The summed E-state index contributed by atoms with van der Waals surface area (Å²) in [5.74, 6) is 0.923. The lowest BCUT2D eigenvalue weighted by molar-refractivity contribution is 0.141. The summed E-state index contributed by atoms with van der Waals surface area (Å²) >= 11 is 0. The quantitative estimate of drug-likeness (QED) is 0.927. The molecule has 2 atom stereocenters. The van der Waals surface area contributed by atoms with Gasteiger partial charge in [0, 0.05) is 23.7 Å². The Morgan fingerprint density at radius 2 is 2.19 bits per heavy atom. The van der Waals surface area contributed by atoms with Crippen molar-refractivity contribution < 1.29 is 4.74 Å². The number of pyridine rings is 1. The van der Waals surface area contributed by atoms with Gasteiger partial charge in [-0.05, 0) is 43.0 Å². The van der Waals surface area contributed by atoms with Crippen molar-refractivity contribution in [2.24, 2.45) is 5.41 Å². The number of ether oxygens (including phenoxy) is 1. The van der Waals surface area contributed by atoms with Gasteiger partial charge in [-0.2, -0.15) is 0 Å². The molecule has 0 amide bonds. The first-order valence-corrected chi connectivity index (χ1v) is 7.85. The maximum absolute atomic E-state index is 6.28. The van der Waals surface area contributed by atoms with Crippen molar-refractivity contribution >= 4 is 10.9 Å². The van der Waals surface area contributed by atoms with E-state index in [9.17, 15) is 0 Å². The third kappa shape index (κ3) is 2.88. The van der Waals surface area contributed by atoms with Crippen LogP contribution in [0.2, 0.25) is 0 Å². The van der Waals surface area contributed by atoms with Crippen LogP contribution in [0.4, 0.5) is 0 Å². The highest BCUT2D eigenvalue weighted by atomic mass is 16.5. The first-order valence-electron chi connectivity index (χ1n) is 7.85. The first kappa shape index (κ1) is 14.3. The smallest absolute Gasteiger partial charge is 0.122 e. The van der Waals surface area contributed by atoms with Crippen LogP contribution in [0.3, 0.4) is 0 Å². The molecule has 0 spiro atoms. The molecule has 1 saturated carbocycles. The number of nitrogens with one attached hydrogen (secondary N) is 1. The van der Waals surface area contributed by atoms with Gasteiger partial charge in [0.1, 0.15) is 11.9 Å². The summed E-state index contributed by atoms with van der Waals surface area (Å²) in [6.45, 7) is 7.79. The van der Waals surface area contributed by atoms with Crippen LogP contribution in [0, 0.1) is 5.41 Å². The Labute approximate surface area is 126 Å². The maximum Gasteiger partial charge on any atom is 0.122 e. The molecule has 2 unspecified atom stereocenters. The standard InChI is InChI=1S/C18H24N2O/c1-4-19-17-16(9-10-18(17,2)3)21-14-8-7-13-6-5-11-20-15(13)12-14/h5-8,11-12,16-17,19H,4,9-10H2,1-3H3. The minimum atomic E-state index is 0.237. The number of hydrogen-bond donors (Lipinski definition) is 1. The number of aromatic nitrogens is 1. The van der Waals surface area contributed by atoms with Gasteiger partial charge in [-0.3, -0.25) is 4.98 Å². The van der Waals surface area contributed by atoms with Crippen LogP contribution >= 0.6 is 0 Å². The van der Waals surface area contributed by atoms with Gasteiger partial charge in [-0.15, -0.1) is 0 Å². The van der Waals surface area contributed by atoms with E-state index in [2.05, 4.69) is 49.3 Å². The van der Waals surface area contributed by atoms with E-state index < -0.39 is 0 Å². The van der Waals surface area contributed by atoms with Gasteiger partial charge in [0.05, 0.1) is 5.52 Å². The van der Waals surface area contributed by atoms with Gasteiger partial charge in [0.15, 0.2) is 0 Å². The fraction of sp³-hybridized carbons (Fsp3) is 0.500. The van der Waals surface area contributed by atoms with Crippen LogP contribution in [-0.2, 0) is 0 Å². The molecule has 2 aromatic rings. The van der Waals surface area contributed by atoms with Crippen LogP contribution < -0.4 is 10.1 Å². The van der Waals surface area contributed by atoms with Gasteiger partial charge >= 0.3 is 0 Å². The summed E-state index contributed by atoms with van der Waals surface area (Å²) in [5, 5.41) is 4.75. The number of hydrogen-bond acceptors (Lipinski definition) is 3. The fourth-order valence-electron chi connectivity index (χ4n) is 3.39. The molecule has 21 heavy (non-hydrogen) atoms. The lowest BCUT2D eigenvalue weighted by Gasteiger charge is -2.31. The second-order valence-electron chi connectivity index (χ2n) is 6.58. The van der Waals surface area contributed by atoms with E-state index in [1.807, 2.05) is 18.3 Å². The molecular formula is C18H24N2O. The van der Waals surface area contributed by atoms with E-state index in [4.69, 9.17) is 4.74 Å². The molecule has 0 saturated heterocycles. The molecule has 1 fully saturated rings. The number of fused-ring (bicyclic) bond motifs is 1. The Bertz CT molecular complexity index is 623. The van der Waals surface area contributed by atoms with Crippen LogP contribution in [0.15, 0.2) is 36.5 Å². The summed E-state index contributed by atoms with van der Waals surface area (Å²) in [5.41, 5.74) is 1.28. The lowest BCUT2D eigenvalue weighted by atomic mass is 9.87. The highest BCUT2D eigenvalue weighted by Gasteiger charge is 2.42. The van der Waals surface area contributed by atoms with E-state index in [1.54, 1.807) is 0 Å². The van der Waals surface area contributed by atoms with Crippen molar-refractivity contribution in [1.29, 1.82) is 0 Å². The normalized spacial score (nSPS) is 24.3. The van der Waals surface area contributed by atoms with E-state index >= 15 is 0 Å². The lowest BCUT2D eigenvalue weighted by Crippen LogP contribution is -2.46. The zero-order chi connectivity index (χ0) is 14.9. The minimum absolute atomic E-state index is 0.237. The van der Waals surface area contributed by atoms with E-state index in [0.29, 0.717) is 6.04 Å². The molecule has 3 rings (SSSR count). The zero-order valence-electron chi connectivity index (χ0n) is 13.1. The number of benzene rings is 1. The topological polar surface area (TPSA) is 34.1 Å². The zero-order valence-corrected chi connectivity index (χ0v) is 13.1. The Hall–Kier alpha value is -1.61. The highest BCUT2D eigenvalue weighted by molar-refractivity contribution is 5.79. The molecule has 0 radical (unpaired) electrons. The fourth-order valence-corrected chi connectivity index (χ4v) is 3.39. The summed E-state index contributed by atoms with van der Waals surface area (Å²) in [6.07, 6.45) is 4.36. The molecule has 1 aliphatic carbocycles. The molecule has 1 aliphatic rings. The second-order valence-corrected chi connectivity index (χ2v) is 6.58. The Morgan fingerprint density at radius 1 is 1.33 bits per heavy atom. The Kier molecular flexibility index (Phi) is 3.85. The first-order chi connectivity index (χ1) is 10.1. The van der Waals surface area contributed by atoms with Crippen molar-refractivity contribution in [3.8, 4) is 5.75 Å². The Balaban J connectivity index is 1.81. The third-order valence-electron chi connectivity index (χ3n) is 4.58. The maximum atomic E-state index is 6.28. The molecule has 0 aliphatic heterocycles. The molecule has 1 N–H and O–H groups in total. The van der Waals surface area contributed by atoms with Crippen molar-refractivity contribution in [2.75, 3.05) is 6.54 Å². The van der Waals surface area contributed by atoms with Crippen molar-refractivity contribution in [1.82, 2.24) is 10.3 Å². The monoisotopic (exact) mass is 284 g/mol. The molecular weight excluding hydrogens is 260 g/mol. The number of nitrogens with zero attached hydrogens (tertiary/aromatic N) is 1. The SMILES string of the molecule is CCNC1C(Oc2ccc3cccnc3c2)CCC1(C)C. The predicted octanol–water partition coefficient (Wildman–Crippen LogP) is 3.78. The van der Waals surface area contributed by atoms with Gasteiger partial charge in [0.2, 0.25) is 0 Å². The molecule has 3 heteroatoms. The van der Waals surface area contributed by atoms with E-state index in [-0.39, 0.29) is 11.5 Å². The van der Waals surface area contributed by atoms with Gasteiger partial charge in [-0.25, -0.2) is 0 Å². The van der Waals surface area contributed by atoms with E-state index in [1.165, 1.54) is 6.42 Å². The summed E-state index contributed by atoms with van der Waals surface area (Å²) in [7, 11) is 0. The molecule has 1 heterocycles. The average molecular weight is 284 g/mol. The largest absolute Gasteiger partial charge is 0.489 e. The third-order valence-corrected chi connectivity index (χ3v) is 4.58. The minimum Gasteiger partial charge on any atom is -0.489 e. The molecule has 0 bridgehead atoms. The van der Waals surface area contributed by atoms with Crippen molar-refractivity contribution in [3.63, 3.8) is 0 Å². The second kappa shape index (κ2) is 5.64. The van der Waals surface area contributed by atoms with E-state index in [0.717, 1.165) is 29.6 Å². The van der Waals surface area contributed by atoms with Gasteiger partial charge in [-0.1, -0.05) is 26.8 Å². The number of rotatable bonds is 4. The van der Waals surface area contributed by atoms with Crippen LogP contribution in [-0.4, -0.2) is 23.7 Å². The number of likely N-dealkylation sites (N-methyl/N-ethyl adjacent to an activating group) is 1. The van der Waals surface area contributed by atoms with Gasteiger partial charge < -0.3 is 10.1 Å². The Morgan fingerprint density at radius 3 is 3.00 bits per heavy atom. The molecule has 3 nitrogen and oxygen atoms in total. The van der Waals surface area contributed by atoms with Crippen LogP contribution in [0.25, 0.3) is 10.9 Å². The highest BCUT2D eigenvalue weighted by Crippen LogP contribution is 2.39. The molecule has 112 valence electrons. The van der Waals surface area contributed by atoms with Crippen molar-refractivity contribution in [3.05, 3.63) is 36.5 Å². The molecule has 1 aromatic carbocycles. The van der Waals surface area contributed by atoms with Gasteiger partial charge in [0.25, 0.3) is 0 Å². The van der Waals surface area contributed by atoms with Crippen LogP contribution in [0.5, 0.6) is 5.75 Å². The predicted molar refractivity (Wildman–Crippen MR) is 86.6 cm³/mol. The summed E-state index contributed by atoms with van der Waals surface area (Å²) in [4.78, 5) is 4.40.